The van der Waals surface area contributed by atoms with E-state index in [-0.39, 0.29) is 16.4 Å². The number of aryl methyl sites for hydroxylation is 1. The van der Waals surface area contributed by atoms with Crippen molar-refractivity contribution in [1.29, 1.82) is 0 Å². The molecule has 0 saturated carbocycles. The van der Waals surface area contributed by atoms with E-state index in [1.165, 1.54) is 0 Å². The quantitative estimate of drug-likeness (QED) is 0.373. The van der Waals surface area contributed by atoms with Gasteiger partial charge < -0.3 is 9.30 Å². The summed E-state index contributed by atoms with van der Waals surface area (Å²) in [6.07, 6.45) is 0.623. The molecule has 0 bridgehead atoms. The van der Waals surface area contributed by atoms with E-state index in [1.54, 1.807) is 40.5 Å². The monoisotopic (exact) mass is 409 g/mol. The first-order valence-corrected chi connectivity index (χ1v) is 9.68. The highest BCUT2D eigenvalue weighted by Crippen LogP contribution is 2.22. The number of ether oxygens (including phenoxy) is 1. The van der Waals surface area contributed by atoms with Crippen molar-refractivity contribution in [3.8, 4) is 11.4 Å². The molecule has 2 heterocycles. The van der Waals surface area contributed by atoms with Crippen LogP contribution in [0, 0.1) is 0 Å². The Kier molecular flexibility index (Phi) is 5.22. The SMILES string of the molecule is COCCCn1c(-c2ccc(Cl)cc2)nc2c(c(=O)c3ccccc3n2C)c1=O. The fraction of sp³-hybridized carbons (Fsp3) is 0.227. The van der Waals surface area contributed by atoms with Crippen LogP contribution in [-0.2, 0) is 18.3 Å². The van der Waals surface area contributed by atoms with Crippen LogP contribution < -0.4 is 11.0 Å². The third kappa shape index (κ3) is 3.34. The van der Waals surface area contributed by atoms with Gasteiger partial charge in [0, 0.05) is 43.3 Å². The molecular weight excluding hydrogens is 390 g/mol. The maximum Gasteiger partial charge on any atom is 0.267 e. The van der Waals surface area contributed by atoms with Gasteiger partial charge in [0.2, 0.25) is 5.43 Å². The number of aromatic nitrogens is 3. The number of hydrogen-bond acceptors (Lipinski definition) is 4. The minimum absolute atomic E-state index is 0.0985. The lowest BCUT2D eigenvalue weighted by Gasteiger charge is -2.16. The fourth-order valence-corrected chi connectivity index (χ4v) is 3.71. The first-order chi connectivity index (χ1) is 14.0. The zero-order valence-corrected chi connectivity index (χ0v) is 16.9. The molecule has 4 aromatic rings. The van der Waals surface area contributed by atoms with Gasteiger partial charge in [0.15, 0.2) is 5.65 Å². The molecule has 4 rings (SSSR count). The molecule has 0 N–H and O–H groups in total. The molecule has 0 radical (unpaired) electrons. The van der Waals surface area contributed by atoms with Gasteiger partial charge in [-0.3, -0.25) is 14.2 Å². The van der Waals surface area contributed by atoms with Crippen molar-refractivity contribution in [2.24, 2.45) is 7.05 Å². The van der Waals surface area contributed by atoms with Crippen LogP contribution in [0.25, 0.3) is 33.3 Å². The average Bonchev–Trinajstić information content (AvgIpc) is 2.73. The van der Waals surface area contributed by atoms with Gasteiger partial charge in [0.1, 0.15) is 11.2 Å². The Morgan fingerprint density at radius 1 is 1.07 bits per heavy atom. The summed E-state index contributed by atoms with van der Waals surface area (Å²) in [6, 6.07) is 14.4. The molecular formula is C22H20ClN3O3. The lowest BCUT2D eigenvalue weighted by molar-refractivity contribution is 0.190. The van der Waals surface area contributed by atoms with Gasteiger partial charge in [0.25, 0.3) is 5.56 Å². The number of para-hydroxylation sites is 1. The van der Waals surface area contributed by atoms with Crippen molar-refractivity contribution >= 4 is 33.5 Å². The Morgan fingerprint density at radius 3 is 2.52 bits per heavy atom. The number of fused-ring (bicyclic) bond motifs is 2. The minimum atomic E-state index is -0.345. The highest BCUT2D eigenvalue weighted by Gasteiger charge is 2.19. The van der Waals surface area contributed by atoms with Gasteiger partial charge >= 0.3 is 0 Å². The van der Waals surface area contributed by atoms with Crippen molar-refractivity contribution in [1.82, 2.24) is 14.1 Å². The summed E-state index contributed by atoms with van der Waals surface area (Å²) in [7, 11) is 3.43. The molecule has 0 spiro atoms. The van der Waals surface area contributed by atoms with Crippen molar-refractivity contribution in [3.05, 3.63) is 74.1 Å². The predicted octanol–water partition coefficient (Wildman–Crippen LogP) is 3.61. The van der Waals surface area contributed by atoms with Gasteiger partial charge in [-0.05, 0) is 42.8 Å². The van der Waals surface area contributed by atoms with Crippen molar-refractivity contribution in [2.45, 2.75) is 13.0 Å². The van der Waals surface area contributed by atoms with Crippen LogP contribution in [0.1, 0.15) is 6.42 Å². The molecule has 0 fully saturated rings. The van der Waals surface area contributed by atoms with Crippen LogP contribution in [-0.4, -0.2) is 27.8 Å². The van der Waals surface area contributed by atoms with Crippen LogP contribution in [0.3, 0.4) is 0 Å². The third-order valence-corrected chi connectivity index (χ3v) is 5.29. The fourth-order valence-electron chi connectivity index (χ4n) is 3.59. The summed E-state index contributed by atoms with van der Waals surface area (Å²) in [6.45, 7) is 0.893. The topological polar surface area (TPSA) is 66.1 Å². The second kappa shape index (κ2) is 7.81. The summed E-state index contributed by atoms with van der Waals surface area (Å²) >= 11 is 6.03. The van der Waals surface area contributed by atoms with Gasteiger partial charge in [-0.15, -0.1) is 0 Å². The first-order valence-electron chi connectivity index (χ1n) is 9.30. The van der Waals surface area contributed by atoms with Crippen LogP contribution in [0.5, 0.6) is 0 Å². The summed E-state index contributed by atoms with van der Waals surface area (Å²) < 4.78 is 8.49. The second-order valence-corrected chi connectivity index (χ2v) is 7.29. The molecule has 0 saturated heterocycles. The number of benzene rings is 2. The van der Waals surface area contributed by atoms with Gasteiger partial charge in [-0.25, -0.2) is 4.98 Å². The average molecular weight is 410 g/mol. The molecule has 29 heavy (non-hydrogen) atoms. The molecule has 148 valence electrons. The van der Waals surface area contributed by atoms with Crippen LogP contribution in [0.4, 0.5) is 0 Å². The van der Waals surface area contributed by atoms with E-state index >= 15 is 0 Å². The Balaban J connectivity index is 2.10. The van der Waals surface area contributed by atoms with Crippen molar-refractivity contribution in [2.75, 3.05) is 13.7 Å². The maximum absolute atomic E-state index is 13.4. The van der Waals surface area contributed by atoms with Crippen LogP contribution in [0.2, 0.25) is 5.02 Å². The number of methoxy groups -OCH3 is 1. The molecule has 0 aliphatic heterocycles. The Hall–Kier alpha value is -2.96. The van der Waals surface area contributed by atoms with Gasteiger partial charge in [-0.1, -0.05) is 23.7 Å². The highest BCUT2D eigenvalue weighted by molar-refractivity contribution is 6.30. The van der Waals surface area contributed by atoms with E-state index < -0.39 is 0 Å². The Bertz CT molecular complexity index is 1320. The number of hydrogen-bond donors (Lipinski definition) is 0. The summed E-state index contributed by atoms with van der Waals surface area (Å²) in [5.74, 6) is 0.501. The zero-order valence-electron chi connectivity index (χ0n) is 16.2. The third-order valence-electron chi connectivity index (χ3n) is 5.04. The molecule has 0 atom stereocenters. The largest absolute Gasteiger partial charge is 0.385 e. The minimum Gasteiger partial charge on any atom is -0.385 e. The second-order valence-electron chi connectivity index (χ2n) is 6.85. The zero-order chi connectivity index (χ0) is 20.5. The van der Waals surface area contributed by atoms with E-state index in [0.717, 1.165) is 11.1 Å². The molecule has 7 heteroatoms. The van der Waals surface area contributed by atoms with E-state index in [1.807, 2.05) is 31.3 Å². The van der Waals surface area contributed by atoms with E-state index in [2.05, 4.69) is 0 Å². The lowest BCUT2D eigenvalue weighted by Crippen LogP contribution is -2.29. The number of halogens is 1. The molecule has 0 aliphatic rings. The standard InChI is InChI=1S/C22H20ClN3O3/c1-25-17-7-4-3-6-16(17)19(27)18-21(25)24-20(14-8-10-15(23)11-9-14)26(22(18)28)12-5-13-29-2/h3-4,6-11H,5,12-13H2,1-2H3. The first kappa shape index (κ1) is 19.4. The van der Waals surface area contributed by atoms with Crippen LogP contribution >= 0.6 is 11.6 Å². The highest BCUT2D eigenvalue weighted by atomic mass is 35.5. The number of pyridine rings is 1. The van der Waals surface area contributed by atoms with E-state index in [9.17, 15) is 9.59 Å². The normalized spacial score (nSPS) is 11.4. The van der Waals surface area contributed by atoms with Crippen molar-refractivity contribution < 1.29 is 4.74 Å². The molecule has 2 aromatic heterocycles. The number of rotatable bonds is 5. The summed E-state index contributed by atoms with van der Waals surface area (Å²) in [5.41, 5.74) is 1.21. The molecule has 2 aromatic carbocycles. The van der Waals surface area contributed by atoms with E-state index in [4.69, 9.17) is 21.3 Å². The van der Waals surface area contributed by atoms with Gasteiger partial charge in [-0.2, -0.15) is 0 Å². The lowest BCUT2D eigenvalue weighted by atomic mass is 10.1. The smallest absolute Gasteiger partial charge is 0.267 e. The molecule has 0 aliphatic carbocycles. The predicted molar refractivity (Wildman–Crippen MR) is 116 cm³/mol. The Labute approximate surface area is 171 Å². The Morgan fingerprint density at radius 2 is 1.79 bits per heavy atom. The summed E-state index contributed by atoms with van der Waals surface area (Å²) in [4.78, 5) is 31.3. The number of nitrogens with zero attached hydrogens (tertiary/aromatic N) is 3. The molecule has 0 amide bonds. The maximum atomic E-state index is 13.4. The summed E-state index contributed by atoms with van der Waals surface area (Å²) in [5, 5.41) is 1.20. The van der Waals surface area contributed by atoms with Crippen molar-refractivity contribution in [3.63, 3.8) is 0 Å². The van der Waals surface area contributed by atoms with Gasteiger partial charge in [0.05, 0.1) is 5.52 Å². The van der Waals surface area contributed by atoms with Crippen LogP contribution in [0.15, 0.2) is 58.1 Å². The van der Waals surface area contributed by atoms with E-state index in [0.29, 0.717) is 41.5 Å². The molecule has 0 unspecified atom stereocenters. The molecule has 6 nitrogen and oxygen atoms in total.